The van der Waals surface area contributed by atoms with E-state index in [4.69, 9.17) is 16.6 Å². The fraction of sp³-hybridized carbons (Fsp3) is 0.161. The summed E-state index contributed by atoms with van der Waals surface area (Å²) in [5, 5.41) is 18.0. The summed E-state index contributed by atoms with van der Waals surface area (Å²) < 4.78 is 42.3. The molecule has 12 heteroatoms. The van der Waals surface area contributed by atoms with Gasteiger partial charge in [0.05, 0.1) is 27.3 Å². The van der Waals surface area contributed by atoms with E-state index in [-0.39, 0.29) is 11.4 Å². The van der Waals surface area contributed by atoms with Gasteiger partial charge in [-0.2, -0.15) is 0 Å². The lowest BCUT2D eigenvalue weighted by molar-refractivity contribution is -0.274. The Morgan fingerprint density at radius 2 is 1.79 bits per heavy atom. The number of thiazole rings is 1. The highest BCUT2D eigenvalue weighted by Crippen LogP contribution is 2.54. The van der Waals surface area contributed by atoms with E-state index in [0.717, 1.165) is 38.5 Å². The third-order valence-corrected chi connectivity index (χ3v) is 8.33. The number of rotatable bonds is 5. The number of nitrogens with one attached hydrogen (secondary N) is 2. The third kappa shape index (κ3) is 5.78. The number of aromatic hydroxyl groups is 1. The molecule has 7 nitrogen and oxygen atoms in total. The second kappa shape index (κ2) is 10.7. The van der Waals surface area contributed by atoms with Gasteiger partial charge in [0.15, 0.2) is 0 Å². The number of urea groups is 1. The minimum Gasteiger partial charge on any atom is -0.506 e. The molecule has 0 aliphatic carbocycles. The van der Waals surface area contributed by atoms with Gasteiger partial charge in [-0.3, -0.25) is 0 Å². The number of phenols is 1. The first-order chi connectivity index (χ1) is 20.4. The van der Waals surface area contributed by atoms with Crippen LogP contribution in [0.15, 0.2) is 78.9 Å². The number of benzene rings is 4. The number of nitrogens with zero attached hydrogens (tertiary/aromatic N) is 2. The van der Waals surface area contributed by atoms with Crippen molar-refractivity contribution in [1.82, 2.24) is 4.98 Å². The van der Waals surface area contributed by atoms with Crippen LogP contribution in [0.3, 0.4) is 0 Å². The first kappa shape index (κ1) is 28.6. The molecule has 0 spiro atoms. The van der Waals surface area contributed by atoms with Gasteiger partial charge in [0.2, 0.25) is 0 Å². The molecule has 0 radical (unpaired) electrons. The number of phenolic OH excluding ortho intramolecular Hbond substituents is 1. The molecule has 0 atom stereocenters. The third-order valence-electron chi connectivity index (χ3n) is 7.03. The van der Waals surface area contributed by atoms with Gasteiger partial charge in [-0.15, -0.1) is 24.5 Å². The zero-order valence-electron chi connectivity index (χ0n) is 22.8. The quantitative estimate of drug-likeness (QED) is 0.181. The summed E-state index contributed by atoms with van der Waals surface area (Å²) in [4.78, 5) is 19.7. The predicted octanol–water partition coefficient (Wildman–Crippen LogP) is 9.29. The van der Waals surface area contributed by atoms with Crippen molar-refractivity contribution in [2.24, 2.45) is 0 Å². The van der Waals surface area contributed by atoms with E-state index in [1.165, 1.54) is 12.1 Å². The van der Waals surface area contributed by atoms with E-state index in [1.54, 1.807) is 29.5 Å². The maximum atomic E-state index is 12.9. The maximum absolute atomic E-state index is 12.9. The lowest BCUT2D eigenvalue weighted by Gasteiger charge is -2.25. The van der Waals surface area contributed by atoms with Crippen molar-refractivity contribution < 1.29 is 27.8 Å². The maximum Gasteiger partial charge on any atom is 0.573 e. The fourth-order valence-corrected chi connectivity index (χ4v) is 6.47. The molecule has 43 heavy (non-hydrogen) atoms. The number of hydrogen-bond donors (Lipinski definition) is 3. The highest BCUT2D eigenvalue weighted by Gasteiger charge is 2.41. The van der Waals surface area contributed by atoms with Crippen LogP contribution in [0, 0.1) is 0 Å². The van der Waals surface area contributed by atoms with E-state index < -0.39 is 23.6 Å². The minimum absolute atomic E-state index is 0.0916. The Hall–Kier alpha value is -4.48. The molecule has 220 valence electrons. The van der Waals surface area contributed by atoms with Crippen LogP contribution in [0.1, 0.15) is 19.4 Å². The van der Waals surface area contributed by atoms with Gasteiger partial charge in [-0.1, -0.05) is 37.6 Å². The molecular formula is C31H24ClF3N4O3S. The van der Waals surface area contributed by atoms with Crippen LogP contribution in [-0.4, -0.2) is 29.0 Å². The average Bonchev–Trinajstić information content (AvgIpc) is 3.48. The summed E-state index contributed by atoms with van der Waals surface area (Å²) in [5.41, 5.74) is 4.24. The van der Waals surface area contributed by atoms with E-state index in [1.807, 2.05) is 41.3 Å². The number of amides is 2. The first-order valence-corrected chi connectivity index (χ1v) is 14.3. The van der Waals surface area contributed by atoms with Crippen molar-refractivity contribution in [3.05, 3.63) is 89.4 Å². The minimum atomic E-state index is -4.81. The lowest BCUT2D eigenvalue weighted by atomic mass is 9.83. The smallest absolute Gasteiger partial charge is 0.506 e. The first-order valence-electron chi connectivity index (χ1n) is 13.1. The zero-order chi connectivity index (χ0) is 30.5. The Bertz CT molecular complexity index is 1860. The van der Waals surface area contributed by atoms with Gasteiger partial charge in [-0.05, 0) is 72.3 Å². The number of fused-ring (bicyclic) bond motifs is 2. The summed E-state index contributed by atoms with van der Waals surface area (Å²) in [6, 6.07) is 20.5. The standard InChI is InChI=1S/C31H24ClF3N4O3S/c1-30(2)16-39(27-24(40)13-12-20(26(27)30)28-37-22-15-17(32)7-14-25(22)43-28)23-6-4-3-5-21(23)38-29(41)36-18-8-10-19(11-9-18)42-31(33,34)35/h3-15,40H,16H2,1-2H3,(H2,36,38,41). The van der Waals surface area contributed by atoms with E-state index in [9.17, 15) is 23.1 Å². The highest BCUT2D eigenvalue weighted by molar-refractivity contribution is 7.21. The van der Waals surface area contributed by atoms with E-state index in [0.29, 0.717) is 28.6 Å². The molecule has 0 fully saturated rings. The summed E-state index contributed by atoms with van der Waals surface area (Å²) in [5.74, 6) is -0.304. The zero-order valence-corrected chi connectivity index (χ0v) is 24.4. The van der Waals surface area contributed by atoms with Crippen molar-refractivity contribution >= 4 is 61.9 Å². The van der Waals surface area contributed by atoms with E-state index >= 15 is 0 Å². The topological polar surface area (TPSA) is 86.7 Å². The van der Waals surface area contributed by atoms with Gasteiger partial charge in [-0.25, -0.2) is 9.78 Å². The Balaban J connectivity index is 1.31. The predicted molar refractivity (Wildman–Crippen MR) is 164 cm³/mol. The van der Waals surface area contributed by atoms with Crippen molar-refractivity contribution in [2.45, 2.75) is 25.6 Å². The molecule has 1 aromatic heterocycles. The van der Waals surface area contributed by atoms with Crippen LogP contribution in [0.5, 0.6) is 11.5 Å². The second-order valence-corrected chi connectivity index (χ2v) is 12.1. The number of ether oxygens (including phenoxy) is 1. The van der Waals surface area contributed by atoms with Crippen molar-refractivity contribution in [1.29, 1.82) is 0 Å². The van der Waals surface area contributed by atoms with Gasteiger partial charge in [0.1, 0.15) is 16.5 Å². The lowest BCUT2D eigenvalue weighted by Crippen LogP contribution is -2.27. The molecule has 0 unspecified atom stereocenters. The Morgan fingerprint density at radius 1 is 1.05 bits per heavy atom. The number of anilines is 4. The number of carbonyl (C=O) groups is 1. The number of alkyl halides is 3. The van der Waals surface area contributed by atoms with Crippen molar-refractivity contribution in [3.63, 3.8) is 0 Å². The molecule has 2 amide bonds. The Kier molecular flexibility index (Phi) is 7.10. The number of aromatic nitrogens is 1. The summed E-state index contributed by atoms with van der Waals surface area (Å²) in [6.45, 7) is 4.69. The average molecular weight is 625 g/mol. The normalized spacial score (nSPS) is 14.0. The second-order valence-electron chi connectivity index (χ2n) is 10.6. The molecular weight excluding hydrogens is 601 g/mol. The highest BCUT2D eigenvalue weighted by atomic mass is 35.5. The van der Waals surface area contributed by atoms with Gasteiger partial charge in [0, 0.05) is 28.2 Å². The number of hydrogen-bond acceptors (Lipinski definition) is 6. The summed E-state index contributed by atoms with van der Waals surface area (Å²) in [7, 11) is 0. The van der Waals surface area contributed by atoms with Crippen LogP contribution >= 0.6 is 22.9 Å². The number of para-hydroxylation sites is 2. The monoisotopic (exact) mass is 624 g/mol. The van der Waals surface area contributed by atoms with Crippen LogP contribution in [0.4, 0.5) is 40.7 Å². The molecule has 1 aliphatic heterocycles. The molecule has 0 bridgehead atoms. The van der Waals surface area contributed by atoms with Crippen LogP contribution in [-0.2, 0) is 5.41 Å². The molecule has 3 N–H and O–H groups in total. The van der Waals surface area contributed by atoms with Crippen LogP contribution in [0.25, 0.3) is 20.8 Å². The Labute approximate surface area is 253 Å². The summed E-state index contributed by atoms with van der Waals surface area (Å²) in [6.07, 6.45) is -4.81. The molecule has 6 rings (SSSR count). The Morgan fingerprint density at radius 3 is 2.53 bits per heavy atom. The van der Waals surface area contributed by atoms with Crippen LogP contribution in [0.2, 0.25) is 5.02 Å². The van der Waals surface area contributed by atoms with Gasteiger partial charge >= 0.3 is 12.4 Å². The number of carbonyl (C=O) groups excluding carboxylic acids is 1. The number of halogens is 4. The fourth-order valence-electron chi connectivity index (χ4n) is 5.33. The molecule has 5 aromatic rings. The van der Waals surface area contributed by atoms with Crippen molar-refractivity contribution in [2.75, 3.05) is 22.1 Å². The summed E-state index contributed by atoms with van der Waals surface area (Å²) >= 11 is 7.74. The largest absolute Gasteiger partial charge is 0.573 e. The molecule has 1 aliphatic rings. The van der Waals surface area contributed by atoms with E-state index in [2.05, 4.69) is 29.2 Å². The van der Waals surface area contributed by atoms with Gasteiger partial charge in [0.25, 0.3) is 0 Å². The van der Waals surface area contributed by atoms with Crippen LogP contribution < -0.4 is 20.3 Å². The molecule has 4 aromatic carbocycles. The molecule has 0 saturated carbocycles. The van der Waals surface area contributed by atoms with Gasteiger partial charge < -0.3 is 25.4 Å². The SMILES string of the molecule is CC1(C)CN(c2ccccc2NC(=O)Nc2ccc(OC(F)(F)F)cc2)c2c(O)ccc(-c3nc4cc(Cl)ccc4s3)c21. The van der Waals surface area contributed by atoms with Crippen molar-refractivity contribution in [3.8, 4) is 22.1 Å². The molecule has 0 saturated heterocycles. The molecule has 2 heterocycles.